The first kappa shape index (κ1) is 28.9. The van der Waals surface area contributed by atoms with Crippen molar-refractivity contribution < 1.29 is 24.2 Å². The molecule has 0 aromatic heterocycles. The fourth-order valence-corrected chi connectivity index (χ4v) is 3.69. The van der Waals surface area contributed by atoms with E-state index in [1.165, 1.54) is 0 Å². The van der Waals surface area contributed by atoms with Gasteiger partial charge in [-0.15, -0.1) is 12.4 Å². The molecule has 0 spiro atoms. The predicted octanol–water partition coefficient (Wildman–Crippen LogP) is 1.94. The molecule has 2 rings (SSSR count). The van der Waals surface area contributed by atoms with Crippen LogP contribution in [0, 0.1) is 11.8 Å². The van der Waals surface area contributed by atoms with Crippen molar-refractivity contribution in [2.45, 2.75) is 77.8 Å². The van der Waals surface area contributed by atoms with Gasteiger partial charge in [0.2, 0.25) is 5.91 Å². The highest BCUT2D eigenvalue weighted by atomic mass is 35.5. The highest BCUT2D eigenvalue weighted by Gasteiger charge is 2.33. The van der Waals surface area contributed by atoms with Gasteiger partial charge in [0.15, 0.2) is 0 Å². The number of nitrogens with one attached hydrogen (secondary N) is 3. The van der Waals surface area contributed by atoms with Gasteiger partial charge in [-0.25, -0.2) is 4.79 Å². The van der Waals surface area contributed by atoms with Crippen LogP contribution in [0.4, 0.5) is 0 Å². The molecule has 1 heterocycles. The standard InChI is InChI=1S/C24H37N3O5.ClH/c1-15(2)13-19(26-23(30)21(28)18-11-8-12-25-18)22(29)27-20(16(3)4)24(31)32-14-17-9-6-5-7-10-17;/h5-7,9-10,15-16,18-21,25,28H,8,11-14H2,1-4H3,(H,26,30)(H,27,29);1H/t18?,19-,20+,21?;/m1./s1. The maximum absolute atomic E-state index is 13.0. The van der Waals surface area contributed by atoms with Crippen LogP contribution in [0.1, 0.15) is 52.5 Å². The van der Waals surface area contributed by atoms with Crippen molar-refractivity contribution in [3.05, 3.63) is 35.9 Å². The summed E-state index contributed by atoms with van der Waals surface area (Å²) in [6.45, 7) is 8.39. The summed E-state index contributed by atoms with van der Waals surface area (Å²) in [4.78, 5) is 38.3. The Kier molecular flexibility index (Phi) is 12.4. The summed E-state index contributed by atoms with van der Waals surface area (Å²) in [5.41, 5.74) is 0.856. The van der Waals surface area contributed by atoms with Crippen LogP contribution in [0.3, 0.4) is 0 Å². The second kappa shape index (κ2) is 14.2. The zero-order valence-electron chi connectivity index (χ0n) is 19.9. The number of aliphatic hydroxyl groups is 1. The molecule has 1 aromatic rings. The highest BCUT2D eigenvalue weighted by molar-refractivity contribution is 5.92. The Morgan fingerprint density at radius 3 is 2.30 bits per heavy atom. The van der Waals surface area contributed by atoms with Gasteiger partial charge in [-0.3, -0.25) is 9.59 Å². The topological polar surface area (TPSA) is 117 Å². The van der Waals surface area contributed by atoms with Crippen LogP contribution in [0.2, 0.25) is 0 Å². The zero-order valence-corrected chi connectivity index (χ0v) is 20.7. The largest absolute Gasteiger partial charge is 0.459 e. The smallest absolute Gasteiger partial charge is 0.329 e. The normalized spacial score (nSPS) is 18.2. The van der Waals surface area contributed by atoms with Gasteiger partial charge in [0.25, 0.3) is 5.91 Å². The molecule has 1 saturated heterocycles. The molecule has 0 aliphatic carbocycles. The Balaban J connectivity index is 0.00000544. The first-order chi connectivity index (χ1) is 15.2. The first-order valence-electron chi connectivity index (χ1n) is 11.4. The van der Waals surface area contributed by atoms with E-state index in [0.29, 0.717) is 12.8 Å². The SMILES string of the molecule is CC(C)C[C@@H](NC(=O)C(O)C1CCCN1)C(=O)N[C@H](C(=O)OCc1ccccc1)C(C)C.Cl. The number of amides is 2. The number of hydrogen-bond donors (Lipinski definition) is 4. The van der Waals surface area contributed by atoms with Crippen molar-refractivity contribution in [1.82, 2.24) is 16.0 Å². The molecule has 9 heteroatoms. The lowest BCUT2D eigenvalue weighted by Gasteiger charge is -2.27. The van der Waals surface area contributed by atoms with Gasteiger partial charge in [0.05, 0.1) is 0 Å². The van der Waals surface area contributed by atoms with E-state index in [-0.39, 0.29) is 36.9 Å². The maximum atomic E-state index is 13.0. The van der Waals surface area contributed by atoms with Crippen molar-refractivity contribution in [3.8, 4) is 0 Å². The van der Waals surface area contributed by atoms with Gasteiger partial charge in [-0.2, -0.15) is 0 Å². The summed E-state index contributed by atoms with van der Waals surface area (Å²) in [6, 6.07) is 7.30. The summed E-state index contributed by atoms with van der Waals surface area (Å²) in [5.74, 6) is -1.66. The first-order valence-corrected chi connectivity index (χ1v) is 11.4. The lowest BCUT2D eigenvalue weighted by atomic mass is 9.99. The van der Waals surface area contributed by atoms with E-state index in [1.54, 1.807) is 0 Å². The van der Waals surface area contributed by atoms with E-state index in [0.717, 1.165) is 18.5 Å². The quantitative estimate of drug-likeness (QED) is 0.357. The minimum atomic E-state index is -1.23. The third-order valence-corrected chi connectivity index (χ3v) is 5.53. The van der Waals surface area contributed by atoms with Gasteiger partial charge in [0.1, 0.15) is 24.8 Å². The van der Waals surface area contributed by atoms with Crippen LogP contribution in [-0.4, -0.2) is 53.7 Å². The third kappa shape index (κ3) is 9.31. The highest BCUT2D eigenvalue weighted by Crippen LogP contribution is 2.13. The minimum Gasteiger partial charge on any atom is -0.459 e. The summed E-state index contributed by atoms with van der Waals surface area (Å²) in [5, 5.41) is 18.9. The maximum Gasteiger partial charge on any atom is 0.329 e. The Bertz CT molecular complexity index is 754. The van der Waals surface area contributed by atoms with Gasteiger partial charge >= 0.3 is 5.97 Å². The van der Waals surface area contributed by atoms with E-state index in [1.807, 2.05) is 58.0 Å². The lowest BCUT2D eigenvalue weighted by Crippen LogP contribution is -2.56. The van der Waals surface area contributed by atoms with Crippen molar-refractivity contribution in [3.63, 3.8) is 0 Å². The van der Waals surface area contributed by atoms with E-state index >= 15 is 0 Å². The Labute approximate surface area is 202 Å². The molecule has 1 aliphatic heterocycles. The number of aliphatic hydroxyl groups excluding tert-OH is 1. The zero-order chi connectivity index (χ0) is 23.7. The van der Waals surface area contributed by atoms with E-state index in [4.69, 9.17) is 4.74 Å². The predicted molar refractivity (Wildman–Crippen MR) is 129 cm³/mol. The van der Waals surface area contributed by atoms with Gasteiger partial charge in [0, 0.05) is 6.04 Å². The molecule has 0 bridgehead atoms. The van der Waals surface area contributed by atoms with Gasteiger partial charge in [-0.05, 0) is 43.2 Å². The number of rotatable bonds is 11. The number of hydrogen-bond acceptors (Lipinski definition) is 6. The lowest BCUT2D eigenvalue weighted by molar-refractivity contribution is -0.150. The molecule has 2 unspecified atom stereocenters. The number of carbonyl (C=O) groups is 3. The minimum absolute atomic E-state index is 0. The van der Waals surface area contributed by atoms with E-state index in [2.05, 4.69) is 16.0 Å². The van der Waals surface area contributed by atoms with Crippen molar-refractivity contribution in [2.24, 2.45) is 11.8 Å². The van der Waals surface area contributed by atoms with Crippen LogP contribution in [0.5, 0.6) is 0 Å². The van der Waals surface area contributed by atoms with Crippen LogP contribution >= 0.6 is 12.4 Å². The number of carbonyl (C=O) groups excluding carboxylic acids is 3. The third-order valence-electron chi connectivity index (χ3n) is 5.53. The molecule has 1 aromatic carbocycles. The van der Waals surface area contributed by atoms with E-state index < -0.39 is 36.0 Å². The molecule has 4 atom stereocenters. The van der Waals surface area contributed by atoms with Crippen LogP contribution in [0.25, 0.3) is 0 Å². The molecular weight excluding hydrogens is 446 g/mol. The van der Waals surface area contributed by atoms with Gasteiger partial charge < -0.3 is 25.8 Å². The van der Waals surface area contributed by atoms with Crippen molar-refractivity contribution in [2.75, 3.05) is 6.54 Å². The summed E-state index contributed by atoms with van der Waals surface area (Å²) in [6.07, 6.45) is 0.758. The number of benzene rings is 1. The molecule has 33 heavy (non-hydrogen) atoms. The summed E-state index contributed by atoms with van der Waals surface area (Å²) in [7, 11) is 0. The Morgan fingerprint density at radius 1 is 1.09 bits per heavy atom. The van der Waals surface area contributed by atoms with Crippen molar-refractivity contribution >= 4 is 30.2 Å². The molecule has 1 aliphatic rings. The van der Waals surface area contributed by atoms with E-state index in [9.17, 15) is 19.5 Å². The van der Waals surface area contributed by atoms with Gasteiger partial charge in [-0.1, -0.05) is 58.0 Å². The number of esters is 1. The fraction of sp³-hybridized carbons (Fsp3) is 0.625. The molecule has 186 valence electrons. The van der Waals surface area contributed by atoms with Crippen LogP contribution in [0.15, 0.2) is 30.3 Å². The molecule has 0 saturated carbocycles. The molecular formula is C24H38ClN3O5. The molecule has 1 fully saturated rings. The Hall–Kier alpha value is -2.16. The van der Waals surface area contributed by atoms with Crippen molar-refractivity contribution in [1.29, 1.82) is 0 Å². The molecule has 2 amide bonds. The molecule has 4 N–H and O–H groups in total. The van der Waals surface area contributed by atoms with Crippen LogP contribution in [-0.2, 0) is 25.7 Å². The number of halogens is 1. The monoisotopic (exact) mass is 483 g/mol. The second-order valence-electron chi connectivity index (χ2n) is 9.16. The van der Waals surface area contributed by atoms with Crippen LogP contribution < -0.4 is 16.0 Å². The Morgan fingerprint density at radius 2 is 1.76 bits per heavy atom. The molecule has 8 nitrogen and oxygen atoms in total. The average Bonchev–Trinajstić information content (AvgIpc) is 3.29. The second-order valence-corrected chi connectivity index (χ2v) is 9.16. The summed E-state index contributed by atoms with van der Waals surface area (Å²) < 4.78 is 5.41. The fourth-order valence-electron chi connectivity index (χ4n) is 3.69. The average molecular weight is 484 g/mol. The molecule has 0 radical (unpaired) electrons. The number of ether oxygens (including phenoxy) is 1. The summed E-state index contributed by atoms with van der Waals surface area (Å²) >= 11 is 0.